The third-order valence-corrected chi connectivity index (χ3v) is 18.4. The first-order valence-corrected chi connectivity index (χ1v) is 29.5. The fourth-order valence-electron chi connectivity index (χ4n) is 14.5. The van der Waals surface area contributed by atoms with Gasteiger partial charge < -0.3 is 18.6 Å². The Kier molecular flexibility index (Phi) is 9.86. The zero-order chi connectivity index (χ0) is 56.1. The average Bonchev–Trinajstić information content (AvgIpc) is 2.36. The molecule has 0 N–H and O–H groups in total. The normalized spacial score (nSPS) is 12.2. The molecule has 4 nitrogen and oxygen atoms in total. The molecule has 86 heavy (non-hydrogen) atoms. The molecule has 0 aliphatic rings. The van der Waals surface area contributed by atoms with Gasteiger partial charge in [0.1, 0.15) is 22.3 Å². The molecule has 0 aliphatic carbocycles. The summed E-state index contributed by atoms with van der Waals surface area (Å²) in [5.74, 6) is 0. The third-order valence-electron chi connectivity index (χ3n) is 18.4. The highest BCUT2D eigenvalue weighted by molar-refractivity contribution is 6.23. The van der Waals surface area contributed by atoms with Crippen molar-refractivity contribution in [3.05, 3.63) is 291 Å². The molecule has 0 fully saturated rings. The van der Waals surface area contributed by atoms with Crippen LogP contribution in [-0.4, -0.2) is 0 Å². The van der Waals surface area contributed by atoms with E-state index in [9.17, 15) is 0 Å². The molecule has 0 bridgehead atoms. The van der Waals surface area contributed by atoms with Gasteiger partial charge in [-0.05, 0) is 165 Å². The van der Waals surface area contributed by atoms with Crippen LogP contribution in [0.1, 0.15) is 0 Å². The summed E-state index contributed by atoms with van der Waals surface area (Å²) >= 11 is 0. The van der Waals surface area contributed by atoms with Crippen LogP contribution in [0.5, 0.6) is 0 Å². The van der Waals surface area contributed by atoms with Crippen LogP contribution in [0.3, 0.4) is 0 Å². The molecule has 0 saturated heterocycles. The molecule has 17 aromatic carbocycles. The molecule has 0 saturated carbocycles. The van der Waals surface area contributed by atoms with Crippen LogP contribution in [0.4, 0.5) is 34.1 Å². The summed E-state index contributed by atoms with van der Waals surface area (Å²) in [6.45, 7) is 0. The second kappa shape index (κ2) is 18.0. The van der Waals surface area contributed by atoms with Crippen LogP contribution < -0.4 is 9.80 Å². The van der Waals surface area contributed by atoms with Gasteiger partial charge in [0.15, 0.2) is 0 Å². The lowest BCUT2D eigenvalue weighted by molar-refractivity contribution is 0.656. The molecule has 2 aromatic heterocycles. The second-order valence-electron chi connectivity index (χ2n) is 23.1. The highest BCUT2D eigenvalue weighted by Crippen LogP contribution is 2.50. The maximum atomic E-state index is 6.89. The molecule has 4 heteroatoms. The van der Waals surface area contributed by atoms with Crippen molar-refractivity contribution in [3.63, 3.8) is 0 Å². The van der Waals surface area contributed by atoms with Gasteiger partial charge in [0.05, 0.1) is 22.7 Å². The van der Waals surface area contributed by atoms with Crippen LogP contribution in [0.2, 0.25) is 0 Å². The van der Waals surface area contributed by atoms with Crippen LogP contribution in [0, 0.1) is 0 Å². The van der Waals surface area contributed by atoms with E-state index in [1.165, 1.54) is 86.2 Å². The van der Waals surface area contributed by atoms with Crippen molar-refractivity contribution in [2.24, 2.45) is 0 Å². The number of hydrogen-bond acceptors (Lipinski definition) is 4. The maximum Gasteiger partial charge on any atom is 0.139 e. The molecule has 0 aliphatic heterocycles. The summed E-state index contributed by atoms with van der Waals surface area (Å²) < 4.78 is 13.8. The minimum absolute atomic E-state index is 0.793. The minimum Gasteiger partial charge on any atom is -0.456 e. The summed E-state index contributed by atoms with van der Waals surface area (Å²) in [7, 11) is 0. The average molecular weight is 1090 g/mol. The molecular formula is C82H48N2O2. The van der Waals surface area contributed by atoms with Gasteiger partial charge in [-0.15, -0.1) is 0 Å². The van der Waals surface area contributed by atoms with Crippen molar-refractivity contribution in [3.8, 4) is 0 Å². The van der Waals surface area contributed by atoms with E-state index >= 15 is 0 Å². The molecule has 0 spiro atoms. The van der Waals surface area contributed by atoms with Crippen LogP contribution in [0.15, 0.2) is 300 Å². The van der Waals surface area contributed by atoms with E-state index in [1.54, 1.807) is 0 Å². The number of nitrogens with zero attached hydrogens (tertiary/aromatic N) is 2. The second-order valence-corrected chi connectivity index (χ2v) is 23.1. The van der Waals surface area contributed by atoms with Crippen LogP contribution >= 0.6 is 0 Å². The molecule has 398 valence electrons. The van der Waals surface area contributed by atoms with Gasteiger partial charge in [-0.2, -0.15) is 0 Å². The van der Waals surface area contributed by atoms with E-state index in [0.717, 1.165) is 99.5 Å². The quantitative estimate of drug-likeness (QED) is 0.155. The lowest BCUT2D eigenvalue weighted by Gasteiger charge is -2.29. The van der Waals surface area contributed by atoms with Gasteiger partial charge in [0, 0.05) is 60.5 Å². The lowest BCUT2D eigenvalue weighted by atomic mass is 9.96. The predicted octanol–water partition coefficient (Wildman–Crippen LogP) is 24.0. The highest BCUT2D eigenvalue weighted by atomic mass is 16.3. The minimum atomic E-state index is 0.793. The van der Waals surface area contributed by atoms with E-state index in [4.69, 9.17) is 8.83 Å². The Morgan fingerprint density at radius 1 is 0.174 bits per heavy atom. The number of fused-ring (bicyclic) bond motifs is 20. The Morgan fingerprint density at radius 3 is 0.802 bits per heavy atom. The van der Waals surface area contributed by atoms with Gasteiger partial charge in [0.2, 0.25) is 0 Å². The van der Waals surface area contributed by atoms with Gasteiger partial charge in [-0.3, -0.25) is 0 Å². The Bertz CT molecular complexity index is 5520. The molecule has 0 radical (unpaired) electrons. The van der Waals surface area contributed by atoms with E-state index in [2.05, 4.69) is 301 Å². The summed E-state index contributed by atoms with van der Waals surface area (Å²) in [6.07, 6.45) is 0. The molecule has 0 atom stereocenters. The monoisotopic (exact) mass is 1090 g/mol. The fourth-order valence-corrected chi connectivity index (χ4v) is 14.5. The molecule has 19 rings (SSSR count). The Morgan fingerprint density at radius 2 is 0.453 bits per heavy atom. The first kappa shape index (κ1) is 47.1. The zero-order valence-electron chi connectivity index (χ0n) is 46.4. The van der Waals surface area contributed by atoms with E-state index in [1.807, 2.05) is 0 Å². The summed E-state index contributed by atoms with van der Waals surface area (Å²) in [5.41, 5.74) is 9.88. The molecular weight excluding hydrogens is 1040 g/mol. The molecule has 0 unspecified atom stereocenters. The van der Waals surface area contributed by atoms with Crippen molar-refractivity contribution in [1.29, 1.82) is 0 Å². The van der Waals surface area contributed by atoms with Gasteiger partial charge in [0.25, 0.3) is 0 Å². The highest BCUT2D eigenvalue weighted by Gasteiger charge is 2.24. The molecule has 0 amide bonds. The van der Waals surface area contributed by atoms with Crippen molar-refractivity contribution in [2.75, 3.05) is 9.80 Å². The largest absolute Gasteiger partial charge is 0.456 e. The van der Waals surface area contributed by atoms with Crippen molar-refractivity contribution in [2.45, 2.75) is 0 Å². The lowest BCUT2D eigenvalue weighted by Crippen LogP contribution is -2.11. The van der Waals surface area contributed by atoms with Gasteiger partial charge in [-0.1, -0.05) is 206 Å². The first-order chi connectivity index (χ1) is 42.6. The van der Waals surface area contributed by atoms with Crippen molar-refractivity contribution in [1.82, 2.24) is 0 Å². The van der Waals surface area contributed by atoms with Crippen molar-refractivity contribution >= 4 is 186 Å². The Hall–Kier alpha value is -11.5. The maximum absolute atomic E-state index is 6.89. The number of anilines is 6. The zero-order valence-corrected chi connectivity index (χ0v) is 46.4. The fraction of sp³-hybridized carbons (Fsp3) is 0. The standard InChI is InChI=1S/C82H48N2O2/c1-5-21-63-49(13-1)29-33-53-17-9-25-71(79(53)63)83(72-26-10-18-54-34-30-50-14-2-6-22-64(50)80(54)72)61-39-37-57-43-67-69-47-70-68-44-58-38-40-62(42-60(58)46-76(68)86-78(70)48-77(69)85-75(67)45-59(57)41-61)84(73-27-11-19-55-35-31-51-15-3-7-23-65(51)81(55)73)74-28-12-20-56-36-32-52-16-4-8-24-66(52)82(56)74/h1-48H. The van der Waals surface area contributed by atoms with Gasteiger partial charge >= 0.3 is 0 Å². The molecule has 2 heterocycles. The van der Waals surface area contributed by atoms with Gasteiger partial charge in [-0.25, -0.2) is 0 Å². The Labute approximate surface area is 492 Å². The van der Waals surface area contributed by atoms with E-state index in [-0.39, 0.29) is 0 Å². The van der Waals surface area contributed by atoms with Crippen molar-refractivity contribution < 1.29 is 8.83 Å². The number of benzene rings is 17. The molecule has 19 aromatic rings. The summed E-state index contributed by atoms with van der Waals surface area (Å²) in [6, 6.07) is 107. The summed E-state index contributed by atoms with van der Waals surface area (Å²) in [5, 5.41) is 28.1. The third kappa shape index (κ3) is 6.99. The number of rotatable bonds is 6. The van der Waals surface area contributed by atoms with E-state index < -0.39 is 0 Å². The van der Waals surface area contributed by atoms with E-state index in [0.29, 0.717) is 0 Å². The number of hydrogen-bond donors (Lipinski definition) is 0. The van der Waals surface area contributed by atoms with Crippen LogP contribution in [0.25, 0.3) is 152 Å². The predicted molar refractivity (Wildman–Crippen MR) is 365 cm³/mol. The number of furan rings is 2. The Balaban J connectivity index is 0.762. The van der Waals surface area contributed by atoms with Crippen LogP contribution in [-0.2, 0) is 0 Å². The first-order valence-electron chi connectivity index (χ1n) is 29.5. The SMILES string of the molecule is c1ccc2c(c1)ccc1cccc(N(c3ccc4cc5c(cc4c3)oc3cc4oc6cc7cc(N(c8cccc9ccc%10ccccc%10c89)c8cccc9ccc%10ccccc%10c89)ccc7cc6c4cc35)c3cccc4ccc5ccccc5c34)c12. The topological polar surface area (TPSA) is 32.8 Å². The smallest absolute Gasteiger partial charge is 0.139 e. The summed E-state index contributed by atoms with van der Waals surface area (Å²) in [4.78, 5) is 4.95.